The van der Waals surface area contributed by atoms with Gasteiger partial charge in [0.25, 0.3) is 5.91 Å². The van der Waals surface area contributed by atoms with Crippen LogP contribution in [0.4, 0.5) is 5.82 Å². The quantitative estimate of drug-likeness (QED) is 0.813. The Morgan fingerprint density at radius 1 is 1.28 bits per heavy atom. The minimum absolute atomic E-state index is 0.146. The maximum Gasteiger partial charge on any atom is 0.256 e. The predicted molar refractivity (Wildman–Crippen MR) is 92.0 cm³/mol. The van der Waals surface area contributed by atoms with Crippen molar-refractivity contribution < 1.29 is 14.4 Å². The highest BCUT2D eigenvalue weighted by Gasteiger charge is 2.30. The van der Waals surface area contributed by atoms with Crippen LogP contribution >= 0.6 is 0 Å². The highest BCUT2D eigenvalue weighted by atomic mass is 16.2. The van der Waals surface area contributed by atoms with Gasteiger partial charge < -0.3 is 5.32 Å². The number of carbonyl (C=O) groups excluding carboxylic acids is 3. The lowest BCUT2D eigenvalue weighted by atomic mass is 9.97. The maximum absolute atomic E-state index is 12.4. The summed E-state index contributed by atoms with van der Waals surface area (Å²) < 4.78 is 1.74. The molecule has 2 heterocycles. The molecule has 0 unspecified atom stereocenters. The van der Waals surface area contributed by atoms with Crippen molar-refractivity contribution in [3.8, 4) is 0 Å². The molecule has 130 valence electrons. The number of benzene rings is 1. The fraction of sp³-hybridized carbons (Fsp3) is 0.333. The van der Waals surface area contributed by atoms with Crippen LogP contribution in [0.15, 0.2) is 36.5 Å². The lowest BCUT2D eigenvalue weighted by Gasteiger charge is -2.12. The number of amides is 3. The first kappa shape index (κ1) is 16.9. The topological polar surface area (TPSA) is 93.1 Å². The molecule has 1 fully saturated rings. The predicted octanol–water partition coefficient (Wildman–Crippen LogP) is 1.92. The van der Waals surface area contributed by atoms with Gasteiger partial charge in [-0.05, 0) is 38.0 Å². The molecule has 1 aliphatic rings. The van der Waals surface area contributed by atoms with Crippen molar-refractivity contribution in [2.24, 2.45) is 5.92 Å². The van der Waals surface area contributed by atoms with Crippen molar-refractivity contribution in [2.75, 3.05) is 5.32 Å². The second-order valence-electron chi connectivity index (χ2n) is 6.42. The summed E-state index contributed by atoms with van der Waals surface area (Å²) in [6.45, 7) is 3.97. The average Bonchev–Trinajstić information content (AvgIpc) is 3.14. The van der Waals surface area contributed by atoms with Gasteiger partial charge in [0.15, 0.2) is 0 Å². The van der Waals surface area contributed by atoms with Gasteiger partial charge in [0, 0.05) is 24.1 Å². The minimum atomic E-state index is -0.326. The molecule has 1 aromatic heterocycles. The molecule has 1 atom stereocenters. The fourth-order valence-corrected chi connectivity index (χ4v) is 2.86. The van der Waals surface area contributed by atoms with Gasteiger partial charge in [-0.25, -0.2) is 4.68 Å². The largest absolute Gasteiger partial charge is 0.307 e. The maximum atomic E-state index is 12.4. The minimum Gasteiger partial charge on any atom is -0.307 e. The summed E-state index contributed by atoms with van der Waals surface area (Å²) in [5.74, 6) is -0.359. The third-order valence-electron chi connectivity index (χ3n) is 4.16. The van der Waals surface area contributed by atoms with E-state index >= 15 is 0 Å². The Morgan fingerprint density at radius 3 is 2.60 bits per heavy atom. The van der Waals surface area contributed by atoms with Crippen LogP contribution in [0.5, 0.6) is 0 Å². The number of nitrogens with zero attached hydrogens (tertiary/aromatic N) is 2. The van der Waals surface area contributed by atoms with Crippen molar-refractivity contribution in [1.82, 2.24) is 15.1 Å². The summed E-state index contributed by atoms with van der Waals surface area (Å²) in [4.78, 5) is 35.2. The van der Waals surface area contributed by atoms with Crippen LogP contribution in [0.1, 0.15) is 42.2 Å². The molecule has 1 aliphatic heterocycles. The van der Waals surface area contributed by atoms with E-state index in [4.69, 9.17) is 0 Å². The number of hydrogen-bond acceptors (Lipinski definition) is 4. The van der Waals surface area contributed by atoms with Crippen LogP contribution < -0.4 is 10.6 Å². The van der Waals surface area contributed by atoms with Crippen molar-refractivity contribution in [3.63, 3.8) is 0 Å². The van der Waals surface area contributed by atoms with Crippen LogP contribution in [0.25, 0.3) is 0 Å². The number of anilines is 1. The second kappa shape index (κ2) is 6.88. The monoisotopic (exact) mass is 340 g/mol. The first-order chi connectivity index (χ1) is 11.9. The van der Waals surface area contributed by atoms with Crippen molar-refractivity contribution in [2.45, 2.75) is 32.7 Å². The summed E-state index contributed by atoms with van der Waals surface area (Å²) in [6.07, 6.45) is 2.35. The van der Waals surface area contributed by atoms with Gasteiger partial charge in [0.1, 0.15) is 5.82 Å². The zero-order valence-electron chi connectivity index (χ0n) is 14.2. The molecule has 3 rings (SSSR count). The van der Waals surface area contributed by atoms with Gasteiger partial charge in [-0.2, -0.15) is 5.10 Å². The van der Waals surface area contributed by atoms with E-state index in [9.17, 15) is 14.4 Å². The first-order valence-electron chi connectivity index (χ1n) is 8.21. The summed E-state index contributed by atoms with van der Waals surface area (Å²) in [6, 6.07) is 8.95. The Labute approximate surface area is 145 Å². The van der Waals surface area contributed by atoms with E-state index in [1.165, 1.54) is 0 Å². The van der Waals surface area contributed by atoms with Gasteiger partial charge in [-0.3, -0.25) is 19.7 Å². The van der Waals surface area contributed by atoms with Crippen molar-refractivity contribution >= 4 is 23.5 Å². The number of aromatic nitrogens is 2. The number of carbonyl (C=O) groups is 3. The van der Waals surface area contributed by atoms with E-state index in [0.29, 0.717) is 17.8 Å². The average molecular weight is 340 g/mol. The molecule has 0 radical (unpaired) electrons. The van der Waals surface area contributed by atoms with Crippen LogP contribution in [0.3, 0.4) is 0 Å². The first-order valence-corrected chi connectivity index (χ1v) is 8.21. The van der Waals surface area contributed by atoms with E-state index in [0.717, 1.165) is 5.56 Å². The Kier molecular flexibility index (Phi) is 4.65. The fourth-order valence-electron chi connectivity index (χ4n) is 2.86. The Hall–Kier alpha value is -2.96. The smallest absolute Gasteiger partial charge is 0.256 e. The molecule has 1 aromatic carbocycles. The normalized spacial score (nSPS) is 17.0. The summed E-state index contributed by atoms with van der Waals surface area (Å²) in [5.41, 5.74) is 1.44. The summed E-state index contributed by atoms with van der Waals surface area (Å²) >= 11 is 0. The molecule has 2 aromatic rings. The van der Waals surface area contributed by atoms with Crippen LogP contribution in [-0.4, -0.2) is 27.5 Å². The molecule has 0 saturated carbocycles. The third-order valence-corrected chi connectivity index (χ3v) is 4.16. The van der Waals surface area contributed by atoms with Crippen LogP contribution in [0.2, 0.25) is 0 Å². The molecule has 0 bridgehead atoms. The zero-order valence-corrected chi connectivity index (χ0v) is 14.2. The van der Waals surface area contributed by atoms with Gasteiger partial charge in [0.2, 0.25) is 11.8 Å². The lowest BCUT2D eigenvalue weighted by Crippen LogP contribution is -2.22. The molecular weight excluding hydrogens is 320 g/mol. The molecule has 25 heavy (non-hydrogen) atoms. The SMILES string of the molecule is CC(C)n1nccc1NC(=O)c1ccc(C[C@H]2CC(=O)NC2=O)cc1. The van der Waals surface area contributed by atoms with Gasteiger partial charge in [-0.15, -0.1) is 0 Å². The van der Waals surface area contributed by atoms with Crippen molar-refractivity contribution in [3.05, 3.63) is 47.7 Å². The molecule has 7 heteroatoms. The summed E-state index contributed by atoms with van der Waals surface area (Å²) in [7, 11) is 0. The molecule has 0 aliphatic carbocycles. The van der Waals surface area contributed by atoms with E-state index in [1.54, 1.807) is 29.1 Å². The van der Waals surface area contributed by atoms with Crippen LogP contribution in [0, 0.1) is 5.92 Å². The van der Waals surface area contributed by atoms with Crippen LogP contribution in [-0.2, 0) is 16.0 Å². The molecular formula is C18H20N4O3. The number of nitrogens with one attached hydrogen (secondary N) is 2. The van der Waals surface area contributed by atoms with Crippen molar-refractivity contribution in [1.29, 1.82) is 0 Å². The second-order valence-corrected chi connectivity index (χ2v) is 6.42. The summed E-state index contributed by atoms with van der Waals surface area (Å²) in [5, 5.41) is 9.34. The Bertz CT molecular complexity index is 808. The molecule has 3 amide bonds. The Balaban J connectivity index is 1.65. The Morgan fingerprint density at radius 2 is 2.00 bits per heavy atom. The number of rotatable bonds is 5. The standard InChI is InChI=1S/C18H20N4O3/c1-11(2)22-15(7-8-19-22)20-17(24)13-5-3-12(4-6-13)9-14-10-16(23)21-18(14)25/h3-8,11,14H,9-10H2,1-2H3,(H,20,24)(H,21,23,25)/t14-/m0/s1. The van der Waals surface area contributed by atoms with E-state index < -0.39 is 0 Å². The molecule has 2 N–H and O–H groups in total. The molecule has 1 saturated heterocycles. The van der Waals surface area contributed by atoms with E-state index in [2.05, 4.69) is 15.7 Å². The van der Waals surface area contributed by atoms with Gasteiger partial charge in [0.05, 0.1) is 12.1 Å². The van der Waals surface area contributed by atoms with Gasteiger partial charge >= 0.3 is 0 Å². The van der Waals surface area contributed by atoms with E-state index in [1.807, 2.05) is 26.0 Å². The lowest BCUT2D eigenvalue weighted by molar-refractivity contribution is -0.125. The number of hydrogen-bond donors (Lipinski definition) is 2. The zero-order chi connectivity index (χ0) is 18.0. The highest BCUT2D eigenvalue weighted by Crippen LogP contribution is 2.19. The number of imide groups is 1. The molecule has 0 spiro atoms. The highest BCUT2D eigenvalue weighted by molar-refractivity contribution is 6.04. The molecule has 7 nitrogen and oxygen atoms in total. The van der Waals surface area contributed by atoms with Gasteiger partial charge in [-0.1, -0.05) is 12.1 Å². The van der Waals surface area contributed by atoms with E-state index in [-0.39, 0.29) is 36.1 Å². The third kappa shape index (κ3) is 3.76.